The molecule has 14 nitrogen and oxygen atoms in total. The first-order valence-electron chi connectivity index (χ1n) is 24.9. The molecule has 18 heteroatoms. The maximum atomic E-state index is 14.4. The fraction of sp³-hybridized carbons (Fsp3) is 0.263. The number of aliphatic hydroxyl groups excluding tert-OH is 1. The second kappa shape index (κ2) is 27.6. The number of carbonyl (C=O) groups excluding carboxylic acids is 3. The molecule has 2 aliphatic rings. The summed E-state index contributed by atoms with van der Waals surface area (Å²) in [6, 6.07) is 40.0. The highest BCUT2D eigenvalue weighted by Gasteiger charge is 2.20. The van der Waals surface area contributed by atoms with Crippen molar-refractivity contribution in [2.75, 3.05) is 69.1 Å². The highest BCUT2D eigenvalue weighted by Crippen LogP contribution is 2.28. The van der Waals surface area contributed by atoms with Gasteiger partial charge in [-0.2, -0.15) is 5.10 Å². The Kier molecular flexibility index (Phi) is 20.3. The average Bonchev–Trinajstić information content (AvgIpc) is 3.84. The average molecular weight is 1060 g/mol. The van der Waals surface area contributed by atoms with Crippen LogP contribution >= 0.6 is 23.2 Å². The van der Waals surface area contributed by atoms with E-state index < -0.39 is 11.8 Å². The Bertz CT molecular complexity index is 2970. The lowest BCUT2D eigenvalue weighted by Gasteiger charge is -2.31. The van der Waals surface area contributed by atoms with E-state index >= 15 is 0 Å². The molecule has 0 bridgehead atoms. The topological polar surface area (TPSA) is 168 Å². The summed E-state index contributed by atoms with van der Waals surface area (Å²) in [6.45, 7) is 5.63. The Labute approximate surface area is 446 Å². The van der Waals surface area contributed by atoms with Crippen molar-refractivity contribution in [3.63, 3.8) is 0 Å². The number of rotatable bonds is 12. The normalized spacial score (nSPS) is 13.3. The second-order valence-corrected chi connectivity index (χ2v) is 18.9. The number of aryl methyl sites for hydroxylation is 2. The van der Waals surface area contributed by atoms with E-state index in [1.54, 1.807) is 59.4 Å². The number of hydrogen-bond donors (Lipinski definition) is 7. The molecular weight excluding hydrogens is 998 g/mol. The van der Waals surface area contributed by atoms with E-state index in [1.807, 2.05) is 90.8 Å². The molecule has 6 amide bonds. The van der Waals surface area contributed by atoms with Gasteiger partial charge in [-0.05, 0) is 159 Å². The SMILES string of the molecule is CCc1ccc(NC(=O)Nc2ccc(N3CCCCC3)c(F)c2)cc1.Cn1nccc1-c1cccc(NC(=O)NCCc2ccc(Cl)cc2)c1.O=C(Nc1ccc(Cl)cc1)Nc1ccc(N2CCC(O)CC2)c(F)c1. The molecule has 7 aromatic rings. The van der Waals surface area contributed by atoms with E-state index in [0.717, 1.165) is 61.3 Å². The predicted molar refractivity (Wildman–Crippen MR) is 300 cm³/mol. The van der Waals surface area contributed by atoms with E-state index in [4.69, 9.17) is 23.2 Å². The van der Waals surface area contributed by atoms with Crippen LogP contribution in [0.15, 0.2) is 146 Å². The van der Waals surface area contributed by atoms with Crippen molar-refractivity contribution in [3.8, 4) is 11.3 Å². The monoisotopic (exact) mass is 1060 g/mol. The number of urea groups is 3. The second-order valence-electron chi connectivity index (χ2n) is 18.0. The molecule has 1 aromatic heterocycles. The molecule has 0 unspecified atom stereocenters. The number of nitrogens with one attached hydrogen (secondary N) is 6. The molecule has 2 fully saturated rings. The molecule has 0 saturated carbocycles. The lowest BCUT2D eigenvalue weighted by atomic mass is 10.1. The highest BCUT2D eigenvalue weighted by atomic mass is 35.5. The fourth-order valence-corrected chi connectivity index (χ4v) is 8.68. The Balaban J connectivity index is 0.000000164. The van der Waals surface area contributed by atoms with Gasteiger partial charge in [0.2, 0.25) is 0 Å². The van der Waals surface area contributed by atoms with Gasteiger partial charge in [-0.15, -0.1) is 0 Å². The minimum atomic E-state index is -0.462. The van der Waals surface area contributed by atoms with Gasteiger partial charge in [0.25, 0.3) is 0 Å². The van der Waals surface area contributed by atoms with E-state index in [1.165, 1.54) is 24.1 Å². The number of benzene rings is 6. The summed E-state index contributed by atoms with van der Waals surface area (Å²) in [4.78, 5) is 40.1. The maximum absolute atomic E-state index is 14.4. The van der Waals surface area contributed by atoms with Gasteiger partial charge in [-0.1, -0.05) is 66.5 Å². The molecule has 0 atom stereocenters. The smallest absolute Gasteiger partial charge is 0.323 e. The van der Waals surface area contributed by atoms with Crippen molar-refractivity contribution in [1.29, 1.82) is 0 Å². The lowest BCUT2D eigenvalue weighted by Crippen LogP contribution is -2.36. The highest BCUT2D eigenvalue weighted by molar-refractivity contribution is 6.30. The van der Waals surface area contributed by atoms with Gasteiger partial charge in [0.15, 0.2) is 0 Å². The van der Waals surface area contributed by atoms with E-state index in [9.17, 15) is 28.3 Å². The van der Waals surface area contributed by atoms with Crippen LogP contribution in [0, 0.1) is 11.6 Å². The van der Waals surface area contributed by atoms with Crippen LogP contribution in [0.2, 0.25) is 10.0 Å². The minimum absolute atomic E-state index is 0.226. The van der Waals surface area contributed by atoms with Crippen molar-refractivity contribution in [3.05, 3.63) is 179 Å². The number of halogens is 4. The van der Waals surface area contributed by atoms with Crippen LogP contribution in [-0.2, 0) is 19.9 Å². The zero-order valence-corrected chi connectivity index (χ0v) is 43.4. The van der Waals surface area contributed by atoms with Crippen LogP contribution in [0.3, 0.4) is 0 Å². The number of carbonyl (C=O) groups is 3. The molecule has 0 spiro atoms. The first-order valence-corrected chi connectivity index (χ1v) is 25.7. The molecule has 9 rings (SSSR count). The van der Waals surface area contributed by atoms with Gasteiger partial charge in [0.05, 0.1) is 23.2 Å². The van der Waals surface area contributed by atoms with Crippen LogP contribution in [0.1, 0.15) is 50.2 Å². The third kappa shape index (κ3) is 17.2. The third-order valence-electron chi connectivity index (χ3n) is 12.5. The van der Waals surface area contributed by atoms with Crippen LogP contribution < -0.4 is 41.7 Å². The van der Waals surface area contributed by atoms with Crippen molar-refractivity contribution in [1.82, 2.24) is 15.1 Å². The number of amides is 6. The summed E-state index contributed by atoms with van der Waals surface area (Å²) in [5, 5.41) is 31.4. The summed E-state index contributed by atoms with van der Waals surface area (Å²) in [5.74, 6) is -0.701. The number of nitrogens with zero attached hydrogens (tertiary/aromatic N) is 4. The molecule has 2 aliphatic heterocycles. The Morgan fingerprint density at radius 1 is 0.587 bits per heavy atom. The van der Waals surface area contributed by atoms with Crippen LogP contribution in [0.5, 0.6) is 0 Å². The van der Waals surface area contributed by atoms with Gasteiger partial charge in [-0.3, -0.25) is 4.68 Å². The molecular formula is C57H62Cl2F2N10O4. The van der Waals surface area contributed by atoms with Gasteiger partial charge in [0, 0.05) is 90.0 Å². The zero-order valence-electron chi connectivity index (χ0n) is 41.9. The summed E-state index contributed by atoms with van der Waals surface area (Å²) in [5.41, 5.74) is 8.27. The molecule has 2 saturated heterocycles. The molecule has 7 N–H and O–H groups in total. The van der Waals surface area contributed by atoms with Crippen molar-refractivity contribution in [2.45, 2.75) is 58.0 Å². The lowest BCUT2D eigenvalue weighted by molar-refractivity contribution is 0.145. The Hall–Kier alpha value is -7.66. The third-order valence-corrected chi connectivity index (χ3v) is 13.0. The molecule has 6 aromatic carbocycles. The quantitative estimate of drug-likeness (QED) is 0.0639. The molecule has 75 heavy (non-hydrogen) atoms. The van der Waals surface area contributed by atoms with E-state index in [2.05, 4.69) is 48.8 Å². The Morgan fingerprint density at radius 3 is 1.60 bits per heavy atom. The van der Waals surface area contributed by atoms with E-state index in [-0.39, 0.29) is 24.0 Å². The standard InChI is InChI=1S/C20H24FN3O.C19H19ClN4O.C18H19ClFN3O2/c1-2-15-6-8-16(9-7-15)22-20(25)23-17-10-11-19(18(21)14-17)24-12-4-3-5-13-24;1-24-18(10-12-22-24)15-3-2-4-17(13-15)23-19(25)21-11-9-14-5-7-16(20)8-6-14;19-12-1-3-13(4-2-12)21-18(25)22-14-5-6-17(16(20)11-14)23-9-7-15(24)8-10-23/h6-11,14H,2-5,12-13H2,1H3,(H2,22,23,25);2-8,10,12-13H,9,11H2,1H3,(H2,21,23,25);1-6,11,15,24H,7-10H2,(H2,21,22,25). The first kappa shape index (κ1) is 55.1. The first-order chi connectivity index (χ1) is 36.3. The Morgan fingerprint density at radius 2 is 1.07 bits per heavy atom. The summed E-state index contributed by atoms with van der Waals surface area (Å²) in [6.07, 6.45) is 7.80. The number of aromatic nitrogens is 2. The molecule has 0 aliphatic carbocycles. The van der Waals surface area contributed by atoms with Crippen molar-refractivity contribution < 1.29 is 28.3 Å². The van der Waals surface area contributed by atoms with Crippen molar-refractivity contribution >= 4 is 81.1 Å². The van der Waals surface area contributed by atoms with Crippen LogP contribution in [0.25, 0.3) is 11.3 Å². The predicted octanol–water partition coefficient (Wildman–Crippen LogP) is 13.2. The molecule has 392 valence electrons. The number of anilines is 7. The van der Waals surface area contributed by atoms with Gasteiger partial charge in [-0.25, -0.2) is 23.2 Å². The summed E-state index contributed by atoms with van der Waals surface area (Å²) < 4.78 is 30.5. The van der Waals surface area contributed by atoms with Crippen LogP contribution in [0.4, 0.5) is 63.0 Å². The number of hydrogen-bond acceptors (Lipinski definition) is 7. The zero-order chi connectivity index (χ0) is 53.1. The summed E-state index contributed by atoms with van der Waals surface area (Å²) in [7, 11) is 1.89. The number of aliphatic hydroxyl groups is 1. The molecule has 0 radical (unpaired) electrons. The van der Waals surface area contributed by atoms with Gasteiger partial charge < -0.3 is 46.8 Å². The molecule has 3 heterocycles. The van der Waals surface area contributed by atoms with Crippen molar-refractivity contribution in [2.24, 2.45) is 7.05 Å². The number of piperidine rings is 2. The maximum Gasteiger partial charge on any atom is 0.323 e. The van der Waals surface area contributed by atoms with Crippen LogP contribution in [-0.4, -0.2) is 71.8 Å². The van der Waals surface area contributed by atoms with Gasteiger partial charge >= 0.3 is 18.1 Å². The largest absolute Gasteiger partial charge is 0.393 e. The minimum Gasteiger partial charge on any atom is -0.393 e. The van der Waals surface area contributed by atoms with Gasteiger partial charge in [0.1, 0.15) is 11.6 Å². The van der Waals surface area contributed by atoms with E-state index in [0.29, 0.717) is 76.6 Å². The fourth-order valence-electron chi connectivity index (χ4n) is 8.43. The summed E-state index contributed by atoms with van der Waals surface area (Å²) >= 11 is 11.7.